The van der Waals surface area contributed by atoms with Crippen LogP contribution in [0.3, 0.4) is 0 Å². The quantitative estimate of drug-likeness (QED) is 0.631. The van der Waals surface area contributed by atoms with Gasteiger partial charge in [-0.05, 0) is 16.5 Å². The van der Waals surface area contributed by atoms with Crippen molar-refractivity contribution in [3.8, 4) is 6.07 Å². The van der Waals surface area contributed by atoms with Crippen LogP contribution in [0.4, 0.5) is 0 Å². The van der Waals surface area contributed by atoms with Gasteiger partial charge < -0.3 is 4.74 Å². The summed E-state index contributed by atoms with van der Waals surface area (Å²) in [6.07, 6.45) is -0.491. The third kappa shape index (κ3) is 2.67. The first-order chi connectivity index (χ1) is 10.9. The largest absolute Gasteiger partial charge is 0.338 e. The van der Waals surface area contributed by atoms with Gasteiger partial charge in [0.15, 0.2) is 0 Å². The second kappa shape index (κ2) is 5.33. The van der Waals surface area contributed by atoms with Gasteiger partial charge in [-0.25, -0.2) is 0 Å². The lowest BCUT2D eigenvalue weighted by atomic mass is 9.85. The van der Waals surface area contributed by atoms with Crippen LogP contribution in [0.2, 0.25) is 0 Å². The number of benzene rings is 2. The fourth-order valence-electron chi connectivity index (χ4n) is 2.72. The van der Waals surface area contributed by atoms with E-state index in [-0.39, 0.29) is 11.2 Å². The molecule has 0 aromatic heterocycles. The van der Waals surface area contributed by atoms with Gasteiger partial charge in [0.1, 0.15) is 12.2 Å². The van der Waals surface area contributed by atoms with E-state index >= 15 is 0 Å². The lowest BCUT2D eigenvalue weighted by Gasteiger charge is -2.19. The number of ether oxygens (including phenoxy) is 1. The van der Waals surface area contributed by atoms with Crippen molar-refractivity contribution in [2.45, 2.75) is 37.9 Å². The van der Waals surface area contributed by atoms with Crippen LogP contribution in [0, 0.1) is 11.3 Å². The van der Waals surface area contributed by atoms with E-state index in [1.54, 1.807) is 24.3 Å². The number of nitriles is 1. The Labute approximate surface area is 136 Å². The highest BCUT2D eigenvalue weighted by atomic mass is 16.6. The van der Waals surface area contributed by atoms with Crippen molar-refractivity contribution < 1.29 is 9.53 Å². The zero-order chi connectivity index (χ0) is 16.7. The summed E-state index contributed by atoms with van der Waals surface area (Å²) in [6, 6.07) is 18.9. The van der Waals surface area contributed by atoms with Crippen LogP contribution in [0.15, 0.2) is 54.6 Å². The smallest absolute Gasteiger partial charge is 0.248 e. The van der Waals surface area contributed by atoms with E-state index < -0.39 is 11.7 Å². The van der Waals surface area contributed by atoms with Crippen LogP contribution in [-0.4, -0.2) is 11.4 Å². The molecular formula is C20H19NO2. The molecule has 116 valence electrons. The number of hydrogen-bond acceptors (Lipinski definition) is 3. The minimum Gasteiger partial charge on any atom is -0.338 e. The lowest BCUT2D eigenvalue weighted by molar-refractivity contribution is 0.0914. The Kier molecular flexibility index (Phi) is 3.58. The molecule has 2 atom stereocenters. The average Bonchev–Trinajstić information content (AvgIpc) is 3.30. The molecular weight excluding hydrogens is 286 g/mol. The maximum Gasteiger partial charge on any atom is 0.248 e. The SMILES string of the molecule is CC(C)(C)c1ccc([C@@H]2O[C@@]2(C#N)C(=O)c2ccccc2)cc1. The highest BCUT2D eigenvalue weighted by molar-refractivity contribution is 6.07. The Balaban J connectivity index is 1.86. The van der Waals surface area contributed by atoms with E-state index in [4.69, 9.17) is 4.74 Å². The molecule has 1 heterocycles. The molecule has 0 spiro atoms. The standard InChI is InChI=1S/C20H19NO2/c1-19(2,3)16-11-9-15(10-12-16)18-20(13-21,23-18)17(22)14-7-5-4-6-8-14/h4-12,18H,1-3H3/t18-,20-/m0/s1. The predicted molar refractivity (Wildman–Crippen MR) is 88.1 cm³/mol. The zero-order valence-electron chi connectivity index (χ0n) is 13.5. The van der Waals surface area contributed by atoms with Gasteiger partial charge in [0.05, 0.1) is 0 Å². The normalized spacial score (nSPS) is 23.1. The summed E-state index contributed by atoms with van der Waals surface area (Å²) in [5.41, 5.74) is 1.25. The van der Waals surface area contributed by atoms with Gasteiger partial charge >= 0.3 is 0 Å². The van der Waals surface area contributed by atoms with Crippen molar-refractivity contribution in [3.05, 3.63) is 71.3 Å². The number of rotatable bonds is 3. The van der Waals surface area contributed by atoms with E-state index in [0.717, 1.165) is 5.56 Å². The fraction of sp³-hybridized carbons (Fsp3) is 0.300. The highest BCUT2D eigenvalue weighted by Crippen LogP contribution is 2.51. The molecule has 23 heavy (non-hydrogen) atoms. The molecule has 0 saturated carbocycles. The summed E-state index contributed by atoms with van der Waals surface area (Å²) in [6.45, 7) is 6.44. The van der Waals surface area contributed by atoms with Gasteiger partial charge in [-0.2, -0.15) is 5.26 Å². The number of hydrogen-bond donors (Lipinski definition) is 0. The Morgan fingerprint density at radius 2 is 1.70 bits per heavy atom. The van der Waals surface area contributed by atoms with Crippen LogP contribution in [0.5, 0.6) is 0 Å². The van der Waals surface area contributed by atoms with Crippen LogP contribution >= 0.6 is 0 Å². The summed E-state index contributed by atoms with van der Waals surface area (Å²) in [7, 11) is 0. The number of epoxide rings is 1. The number of carbonyl (C=O) groups excluding carboxylic acids is 1. The first-order valence-corrected chi connectivity index (χ1v) is 7.68. The third-order valence-electron chi connectivity index (χ3n) is 4.23. The summed E-state index contributed by atoms with van der Waals surface area (Å²) in [4.78, 5) is 12.6. The van der Waals surface area contributed by atoms with Crippen LogP contribution in [-0.2, 0) is 10.2 Å². The number of ketones is 1. The summed E-state index contributed by atoms with van der Waals surface area (Å²) in [5, 5.41) is 9.51. The fourth-order valence-corrected chi connectivity index (χ4v) is 2.72. The molecule has 0 radical (unpaired) electrons. The Morgan fingerprint density at radius 1 is 1.09 bits per heavy atom. The van der Waals surface area contributed by atoms with Gasteiger partial charge in [-0.1, -0.05) is 75.4 Å². The molecule has 1 aliphatic rings. The number of nitrogens with zero attached hydrogens (tertiary/aromatic N) is 1. The number of Topliss-reactive ketones (excluding diaryl/α,β-unsaturated/α-hetero) is 1. The molecule has 0 unspecified atom stereocenters. The van der Waals surface area contributed by atoms with Crippen molar-refractivity contribution >= 4 is 5.78 Å². The summed E-state index contributed by atoms with van der Waals surface area (Å²) in [5.74, 6) is -0.273. The molecule has 1 saturated heterocycles. The van der Waals surface area contributed by atoms with E-state index in [9.17, 15) is 10.1 Å². The maximum atomic E-state index is 12.6. The van der Waals surface area contributed by atoms with Crippen LogP contribution in [0.1, 0.15) is 48.4 Å². The first-order valence-electron chi connectivity index (χ1n) is 7.68. The lowest BCUT2D eigenvalue weighted by Crippen LogP contribution is -2.23. The second-order valence-corrected chi connectivity index (χ2v) is 6.91. The van der Waals surface area contributed by atoms with Gasteiger partial charge in [-0.3, -0.25) is 4.79 Å². The van der Waals surface area contributed by atoms with Crippen molar-refractivity contribution in [3.63, 3.8) is 0 Å². The molecule has 0 N–H and O–H groups in total. The Bertz CT molecular complexity index is 766. The highest BCUT2D eigenvalue weighted by Gasteiger charge is 2.64. The molecule has 3 nitrogen and oxygen atoms in total. The van der Waals surface area contributed by atoms with Gasteiger partial charge in [-0.15, -0.1) is 0 Å². The van der Waals surface area contributed by atoms with Crippen molar-refractivity contribution in [1.29, 1.82) is 5.26 Å². The summed E-state index contributed by atoms with van der Waals surface area (Å²) >= 11 is 0. The molecule has 1 aliphatic heterocycles. The molecule has 3 heteroatoms. The number of carbonyl (C=O) groups is 1. The van der Waals surface area contributed by atoms with Crippen molar-refractivity contribution in [1.82, 2.24) is 0 Å². The van der Waals surface area contributed by atoms with Gasteiger partial charge in [0.2, 0.25) is 11.4 Å². The molecule has 2 aromatic rings. The second-order valence-electron chi connectivity index (χ2n) is 6.91. The minimum atomic E-state index is -1.38. The monoisotopic (exact) mass is 305 g/mol. The average molecular weight is 305 g/mol. The van der Waals surface area contributed by atoms with E-state index in [0.29, 0.717) is 5.56 Å². The predicted octanol–water partition coefficient (Wildman–Crippen LogP) is 4.20. The van der Waals surface area contributed by atoms with Crippen molar-refractivity contribution in [2.24, 2.45) is 0 Å². The Morgan fingerprint density at radius 3 is 2.22 bits per heavy atom. The van der Waals surface area contributed by atoms with E-state index in [2.05, 4.69) is 26.8 Å². The van der Waals surface area contributed by atoms with Gasteiger partial charge in [0, 0.05) is 5.56 Å². The van der Waals surface area contributed by atoms with E-state index in [1.807, 2.05) is 30.3 Å². The zero-order valence-corrected chi connectivity index (χ0v) is 13.5. The molecule has 0 bridgehead atoms. The first kappa shape index (κ1) is 15.5. The van der Waals surface area contributed by atoms with Gasteiger partial charge in [0.25, 0.3) is 0 Å². The molecule has 0 amide bonds. The molecule has 0 aliphatic carbocycles. The summed E-state index contributed by atoms with van der Waals surface area (Å²) < 4.78 is 5.57. The Hall–Kier alpha value is -2.44. The minimum absolute atomic E-state index is 0.0646. The molecule has 3 rings (SSSR count). The third-order valence-corrected chi connectivity index (χ3v) is 4.23. The topological polar surface area (TPSA) is 53.4 Å². The molecule has 2 aromatic carbocycles. The van der Waals surface area contributed by atoms with E-state index in [1.165, 1.54) is 5.56 Å². The molecule has 1 fully saturated rings. The van der Waals surface area contributed by atoms with Crippen LogP contribution < -0.4 is 0 Å². The van der Waals surface area contributed by atoms with Crippen molar-refractivity contribution in [2.75, 3.05) is 0 Å². The van der Waals surface area contributed by atoms with Crippen LogP contribution in [0.25, 0.3) is 0 Å². The maximum absolute atomic E-state index is 12.6.